The van der Waals surface area contributed by atoms with Gasteiger partial charge in [-0.15, -0.1) is 0 Å². The molecule has 2 unspecified atom stereocenters. The molecule has 1 aliphatic rings. The van der Waals surface area contributed by atoms with E-state index in [1.807, 2.05) is 5.32 Å². The van der Waals surface area contributed by atoms with E-state index in [0.717, 1.165) is 0 Å². The Morgan fingerprint density at radius 2 is 2.40 bits per heavy atom. The normalized spacial score (nSPS) is 31.9. The van der Waals surface area contributed by atoms with Crippen LogP contribution >= 0.6 is 0 Å². The van der Waals surface area contributed by atoms with Crippen LogP contribution in [0.2, 0.25) is 0 Å². The van der Waals surface area contributed by atoms with Gasteiger partial charge in [-0.2, -0.15) is 0 Å². The van der Waals surface area contributed by atoms with E-state index in [1.165, 1.54) is 0 Å². The van der Waals surface area contributed by atoms with Crippen molar-refractivity contribution in [2.45, 2.75) is 18.6 Å². The SMILES string of the molecule is O=C1NC(C(=O)O)CC1F. The van der Waals surface area contributed by atoms with E-state index in [0.29, 0.717) is 0 Å². The smallest absolute Gasteiger partial charge is 0.326 e. The number of aliphatic carboxylic acids is 1. The van der Waals surface area contributed by atoms with Gasteiger partial charge in [0.2, 0.25) is 0 Å². The van der Waals surface area contributed by atoms with E-state index in [2.05, 4.69) is 0 Å². The van der Waals surface area contributed by atoms with Crippen molar-refractivity contribution in [3.05, 3.63) is 0 Å². The molecule has 2 N–H and O–H groups in total. The third-order valence-electron chi connectivity index (χ3n) is 1.34. The van der Waals surface area contributed by atoms with Crippen molar-refractivity contribution in [2.75, 3.05) is 0 Å². The Morgan fingerprint density at radius 3 is 2.60 bits per heavy atom. The molecule has 5 heteroatoms. The number of carboxylic acid groups (broad SMARTS) is 1. The Labute approximate surface area is 56.0 Å². The van der Waals surface area contributed by atoms with Crippen molar-refractivity contribution >= 4 is 11.9 Å². The molecule has 1 heterocycles. The highest BCUT2D eigenvalue weighted by Crippen LogP contribution is 2.10. The monoisotopic (exact) mass is 147 g/mol. The minimum absolute atomic E-state index is 0.256. The second-order valence-corrected chi connectivity index (χ2v) is 2.10. The summed E-state index contributed by atoms with van der Waals surface area (Å²) in [5.74, 6) is -2.01. The number of rotatable bonds is 1. The molecular formula is C5H6FNO3. The second-order valence-electron chi connectivity index (χ2n) is 2.10. The van der Waals surface area contributed by atoms with Gasteiger partial charge in [-0.05, 0) is 0 Å². The summed E-state index contributed by atoms with van der Waals surface area (Å²) in [6.45, 7) is 0. The standard InChI is InChI=1S/C5H6FNO3/c6-2-1-3(5(9)10)7-4(2)8/h2-3H,1H2,(H,7,8)(H,9,10). The third-order valence-corrected chi connectivity index (χ3v) is 1.34. The average molecular weight is 147 g/mol. The van der Waals surface area contributed by atoms with Crippen molar-refractivity contribution in [1.29, 1.82) is 0 Å². The highest BCUT2D eigenvalue weighted by molar-refractivity contribution is 5.90. The van der Waals surface area contributed by atoms with Crippen molar-refractivity contribution in [3.8, 4) is 0 Å². The van der Waals surface area contributed by atoms with Crippen LogP contribution < -0.4 is 5.32 Å². The summed E-state index contributed by atoms with van der Waals surface area (Å²) < 4.78 is 12.3. The number of nitrogens with one attached hydrogen (secondary N) is 1. The summed E-state index contributed by atoms with van der Waals surface area (Å²) in [6, 6.07) is -1.04. The zero-order chi connectivity index (χ0) is 7.72. The molecule has 0 aromatic rings. The van der Waals surface area contributed by atoms with Crippen molar-refractivity contribution in [2.24, 2.45) is 0 Å². The van der Waals surface area contributed by atoms with Crippen LogP contribution in [0.4, 0.5) is 4.39 Å². The van der Waals surface area contributed by atoms with Crippen LogP contribution in [0.1, 0.15) is 6.42 Å². The molecule has 1 rings (SSSR count). The average Bonchev–Trinajstić information content (AvgIpc) is 2.13. The predicted molar refractivity (Wildman–Crippen MR) is 29.1 cm³/mol. The Kier molecular flexibility index (Phi) is 1.57. The summed E-state index contributed by atoms with van der Waals surface area (Å²) >= 11 is 0. The molecule has 0 spiro atoms. The summed E-state index contributed by atoms with van der Waals surface area (Å²) in [4.78, 5) is 20.5. The first kappa shape index (κ1) is 6.98. The molecule has 1 aliphatic heterocycles. The van der Waals surface area contributed by atoms with Crippen LogP contribution in [0.3, 0.4) is 0 Å². The summed E-state index contributed by atoms with van der Waals surface area (Å²) in [7, 11) is 0. The van der Waals surface area contributed by atoms with Crippen LogP contribution in [-0.4, -0.2) is 29.2 Å². The first-order valence-electron chi connectivity index (χ1n) is 2.78. The number of carboxylic acids is 1. The van der Waals surface area contributed by atoms with E-state index < -0.39 is 24.1 Å². The van der Waals surface area contributed by atoms with E-state index in [-0.39, 0.29) is 6.42 Å². The quantitative estimate of drug-likeness (QED) is 0.515. The van der Waals surface area contributed by atoms with Crippen LogP contribution in [0.5, 0.6) is 0 Å². The fourth-order valence-corrected chi connectivity index (χ4v) is 0.798. The van der Waals surface area contributed by atoms with Crippen LogP contribution in [0.25, 0.3) is 0 Å². The van der Waals surface area contributed by atoms with Gasteiger partial charge in [0.25, 0.3) is 5.91 Å². The first-order chi connectivity index (χ1) is 4.61. The maximum atomic E-state index is 12.3. The van der Waals surface area contributed by atoms with Crippen LogP contribution in [0.15, 0.2) is 0 Å². The van der Waals surface area contributed by atoms with Crippen LogP contribution in [0, 0.1) is 0 Å². The van der Waals surface area contributed by atoms with E-state index in [4.69, 9.17) is 5.11 Å². The molecule has 1 saturated heterocycles. The summed E-state index contributed by atoms with van der Waals surface area (Å²) in [5.41, 5.74) is 0. The van der Waals surface area contributed by atoms with E-state index >= 15 is 0 Å². The lowest BCUT2D eigenvalue weighted by molar-refractivity contribution is -0.140. The summed E-state index contributed by atoms with van der Waals surface area (Å²) in [6.07, 6.45) is -1.91. The molecule has 0 saturated carbocycles. The number of alkyl halides is 1. The molecule has 0 radical (unpaired) electrons. The molecule has 0 aliphatic carbocycles. The minimum Gasteiger partial charge on any atom is -0.480 e. The molecule has 1 amide bonds. The zero-order valence-electron chi connectivity index (χ0n) is 5.00. The third kappa shape index (κ3) is 1.07. The van der Waals surface area contributed by atoms with Crippen molar-refractivity contribution in [1.82, 2.24) is 5.32 Å². The number of amides is 1. The number of hydrogen-bond acceptors (Lipinski definition) is 2. The Bertz CT molecular complexity index is 182. The van der Waals surface area contributed by atoms with Gasteiger partial charge in [0.1, 0.15) is 6.04 Å². The zero-order valence-corrected chi connectivity index (χ0v) is 5.00. The second kappa shape index (κ2) is 2.24. The highest BCUT2D eigenvalue weighted by atomic mass is 19.1. The van der Waals surface area contributed by atoms with Gasteiger partial charge in [0.05, 0.1) is 0 Å². The molecular weight excluding hydrogens is 141 g/mol. The van der Waals surface area contributed by atoms with Gasteiger partial charge in [-0.3, -0.25) is 4.79 Å². The molecule has 1 fully saturated rings. The number of halogens is 1. The molecule has 10 heavy (non-hydrogen) atoms. The van der Waals surface area contributed by atoms with E-state index in [1.54, 1.807) is 0 Å². The molecule has 2 atom stereocenters. The lowest BCUT2D eigenvalue weighted by atomic mass is 10.2. The maximum Gasteiger partial charge on any atom is 0.326 e. The van der Waals surface area contributed by atoms with E-state index in [9.17, 15) is 14.0 Å². The number of carbonyl (C=O) groups excluding carboxylic acids is 1. The summed E-state index contributed by atoms with van der Waals surface area (Å²) in [5, 5.41) is 10.3. The van der Waals surface area contributed by atoms with Gasteiger partial charge < -0.3 is 10.4 Å². The number of hydrogen-bond donors (Lipinski definition) is 2. The highest BCUT2D eigenvalue weighted by Gasteiger charge is 2.35. The Morgan fingerprint density at radius 1 is 1.80 bits per heavy atom. The lowest BCUT2D eigenvalue weighted by Gasteiger charge is -1.99. The largest absolute Gasteiger partial charge is 0.480 e. The maximum absolute atomic E-state index is 12.3. The topological polar surface area (TPSA) is 66.4 Å². The fraction of sp³-hybridized carbons (Fsp3) is 0.600. The van der Waals surface area contributed by atoms with Gasteiger partial charge in [-0.25, -0.2) is 9.18 Å². The number of carbonyl (C=O) groups is 2. The van der Waals surface area contributed by atoms with Gasteiger partial charge in [0, 0.05) is 6.42 Å². The van der Waals surface area contributed by atoms with Crippen molar-refractivity contribution in [3.63, 3.8) is 0 Å². The Balaban J connectivity index is 2.57. The van der Waals surface area contributed by atoms with Gasteiger partial charge in [-0.1, -0.05) is 0 Å². The fourth-order valence-electron chi connectivity index (χ4n) is 0.798. The van der Waals surface area contributed by atoms with Crippen LogP contribution in [-0.2, 0) is 9.59 Å². The predicted octanol–water partition coefficient (Wildman–Crippen LogP) is -0.702. The van der Waals surface area contributed by atoms with Gasteiger partial charge in [0.15, 0.2) is 6.17 Å². The molecule has 0 aromatic carbocycles. The lowest BCUT2D eigenvalue weighted by Crippen LogP contribution is -2.32. The molecule has 4 nitrogen and oxygen atoms in total. The molecule has 0 aromatic heterocycles. The molecule has 56 valence electrons. The van der Waals surface area contributed by atoms with Gasteiger partial charge >= 0.3 is 5.97 Å². The minimum atomic E-state index is -1.65. The van der Waals surface area contributed by atoms with Crippen molar-refractivity contribution < 1.29 is 19.1 Å². The molecule has 0 bridgehead atoms. The Hall–Kier alpha value is -1.13. The first-order valence-corrected chi connectivity index (χ1v) is 2.78.